The molecule has 0 unspecified atom stereocenters. The first-order valence-corrected chi connectivity index (χ1v) is 14.7. The van der Waals surface area contributed by atoms with Crippen LogP contribution < -0.4 is 10.6 Å². The molecule has 0 radical (unpaired) electrons. The number of aromatic nitrogens is 2. The number of rotatable bonds is 10. The molecule has 0 bridgehead atoms. The van der Waals surface area contributed by atoms with E-state index >= 15 is 0 Å². The third kappa shape index (κ3) is 7.71. The summed E-state index contributed by atoms with van der Waals surface area (Å²) in [5.74, 6) is 0.694. The maximum absolute atomic E-state index is 11.9. The molecule has 5 rings (SSSR count). The molecule has 1 saturated heterocycles. The van der Waals surface area contributed by atoms with Crippen LogP contribution in [0, 0.1) is 0 Å². The van der Waals surface area contributed by atoms with Crippen LogP contribution in [0.25, 0.3) is 11.1 Å². The van der Waals surface area contributed by atoms with Gasteiger partial charge in [0.25, 0.3) is 0 Å². The molecule has 4 aromatic rings. The zero-order chi connectivity index (χ0) is 28.4. The van der Waals surface area contributed by atoms with Crippen molar-refractivity contribution in [3.63, 3.8) is 0 Å². The third-order valence-corrected chi connectivity index (χ3v) is 7.85. The van der Waals surface area contributed by atoms with Crippen LogP contribution in [-0.4, -0.2) is 39.5 Å². The molecule has 0 spiro atoms. The van der Waals surface area contributed by atoms with E-state index in [0.29, 0.717) is 30.4 Å². The average Bonchev–Trinajstić information content (AvgIpc) is 3.03. The number of aliphatic hydroxyl groups excluding tert-OH is 1. The van der Waals surface area contributed by atoms with E-state index in [1.165, 1.54) is 0 Å². The van der Waals surface area contributed by atoms with Crippen LogP contribution in [-0.2, 0) is 22.6 Å². The lowest BCUT2D eigenvalue weighted by Gasteiger charge is -2.36. The van der Waals surface area contributed by atoms with Gasteiger partial charge in [0.1, 0.15) is 0 Å². The Balaban J connectivity index is 1.33. The van der Waals surface area contributed by atoms with E-state index in [9.17, 15) is 9.90 Å². The lowest BCUT2D eigenvalue weighted by Crippen LogP contribution is -2.34. The molecular weight excluding hydrogens is 536 g/mol. The molecule has 9 heteroatoms. The summed E-state index contributed by atoms with van der Waals surface area (Å²) in [6.45, 7) is 2.91. The van der Waals surface area contributed by atoms with Gasteiger partial charge in [-0.25, -0.2) is 14.8 Å². The van der Waals surface area contributed by atoms with Crippen molar-refractivity contribution in [1.82, 2.24) is 20.6 Å². The van der Waals surface area contributed by atoms with Crippen molar-refractivity contribution in [3.05, 3.63) is 114 Å². The fourth-order valence-corrected chi connectivity index (χ4v) is 5.55. The summed E-state index contributed by atoms with van der Waals surface area (Å²) in [7, 11) is 0. The monoisotopic (exact) mass is 570 g/mol. The quantitative estimate of drug-likeness (QED) is 0.164. The Morgan fingerprint density at radius 1 is 0.927 bits per heavy atom. The second-order valence-corrected chi connectivity index (χ2v) is 10.7. The Bertz CT molecular complexity index is 1400. The smallest absolute Gasteiger partial charge is 0.315 e. The van der Waals surface area contributed by atoms with Crippen LogP contribution in [0.4, 0.5) is 4.79 Å². The second kappa shape index (κ2) is 14.2. The SMILES string of the molecule is CCNC(=O)NCc1ccccc1-c1ccc([C@@H]2O[C@H](CSc3ncccn3)C[C@H](c3ccc(CO)cc3)O2)cc1. The molecule has 3 atom stereocenters. The highest BCUT2D eigenvalue weighted by molar-refractivity contribution is 7.99. The predicted octanol–water partition coefficient (Wildman–Crippen LogP) is 5.79. The Morgan fingerprint density at radius 3 is 2.39 bits per heavy atom. The van der Waals surface area contributed by atoms with Gasteiger partial charge in [-0.3, -0.25) is 0 Å². The molecule has 1 aliphatic rings. The van der Waals surface area contributed by atoms with Crippen molar-refractivity contribution in [2.24, 2.45) is 0 Å². The van der Waals surface area contributed by atoms with Crippen LogP contribution in [0.5, 0.6) is 0 Å². The zero-order valence-electron chi connectivity index (χ0n) is 22.9. The first kappa shape index (κ1) is 28.8. The van der Waals surface area contributed by atoms with Crippen LogP contribution in [0.15, 0.2) is 96.4 Å². The normalized spacial score (nSPS) is 18.5. The summed E-state index contributed by atoms with van der Waals surface area (Å²) in [5.41, 5.74) is 5.97. The summed E-state index contributed by atoms with van der Waals surface area (Å²) in [6.07, 6.45) is 3.39. The molecule has 0 aliphatic carbocycles. The van der Waals surface area contributed by atoms with E-state index in [-0.39, 0.29) is 24.8 Å². The highest BCUT2D eigenvalue weighted by atomic mass is 32.2. The number of ether oxygens (including phenoxy) is 2. The minimum Gasteiger partial charge on any atom is -0.392 e. The van der Waals surface area contributed by atoms with Crippen LogP contribution in [0.2, 0.25) is 0 Å². The van der Waals surface area contributed by atoms with Crippen molar-refractivity contribution in [1.29, 1.82) is 0 Å². The second-order valence-electron chi connectivity index (χ2n) is 9.68. The molecule has 2 amide bonds. The number of amides is 2. The van der Waals surface area contributed by atoms with E-state index < -0.39 is 6.29 Å². The Labute approximate surface area is 244 Å². The van der Waals surface area contributed by atoms with E-state index in [1.54, 1.807) is 30.2 Å². The molecule has 0 saturated carbocycles. The minimum absolute atomic E-state index is 0.00531. The zero-order valence-corrected chi connectivity index (χ0v) is 23.7. The fourth-order valence-electron chi connectivity index (χ4n) is 4.72. The van der Waals surface area contributed by atoms with Crippen molar-refractivity contribution in [3.8, 4) is 11.1 Å². The van der Waals surface area contributed by atoms with Gasteiger partial charge in [-0.05, 0) is 40.8 Å². The number of carbonyl (C=O) groups is 1. The van der Waals surface area contributed by atoms with Crippen molar-refractivity contribution >= 4 is 17.8 Å². The number of nitrogens with one attached hydrogen (secondary N) is 2. The van der Waals surface area contributed by atoms with Crippen molar-refractivity contribution in [2.45, 2.75) is 50.2 Å². The first-order chi connectivity index (χ1) is 20.1. The summed E-state index contributed by atoms with van der Waals surface area (Å²) in [4.78, 5) is 20.6. The third-order valence-electron chi connectivity index (χ3n) is 6.84. The molecule has 41 heavy (non-hydrogen) atoms. The highest BCUT2D eigenvalue weighted by Crippen LogP contribution is 2.39. The van der Waals surface area contributed by atoms with Gasteiger partial charge in [0.2, 0.25) is 0 Å². The maximum atomic E-state index is 11.9. The number of thioether (sulfide) groups is 1. The van der Waals surface area contributed by atoms with Gasteiger partial charge in [-0.2, -0.15) is 0 Å². The highest BCUT2D eigenvalue weighted by Gasteiger charge is 2.32. The molecule has 3 aromatic carbocycles. The molecule has 1 aliphatic heterocycles. The van der Waals surface area contributed by atoms with Crippen LogP contribution in [0.1, 0.15) is 48.0 Å². The van der Waals surface area contributed by atoms with Gasteiger partial charge >= 0.3 is 6.03 Å². The molecule has 212 valence electrons. The van der Waals surface area contributed by atoms with Crippen molar-refractivity contribution in [2.75, 3.05) is 12.3 Å². The number of hydrogen-bond acceptors (Lipinski definition) is 7. The average molecular weight is 571 g/mol. The minimum atomic E-state index is -0.544. The van der Waals surface area contributed by atoms with Gasteiger partial charge in [0.15, 0.2) is 11.4 Å². The maximum Gasteiger partial charge on any atom is 0.315 e. The largest absolute Gasteiger partial charge is 0.392 e. The Hall–Kier alpha value is -3.76. The van der Waals surface area contributed by atoms with E-state index in [2.05, 4.69) is 38.8 Å². The summed E-state index contributed by atoms with van der Waals surface area (Å²) < 4.78 is 12.9. The number of benzene rings is 3. The van der Waals surface area contributed by atoms with Crippen LogP contribution in [0.3, 0.4) is 0 Å². The number of carbonyl (C=O) groups excluding carboxylic acids is 1. The summed E-state index contributed by atoms with van der Waals surface area (Å²) >= 11 is 1.57. The molecule has 8 nitrogen and oxygen atoms in total. The molecular formula is C32H34N4O4S. The molecule has 1 aromatic heterocycles. The van der Waals surface area contributed by atoms with Gasteiger partial charge in [0.05, 0.1) is 18.8 Å². The fraction of sp³-hybridized carbons (Fsp3) is 0.281. The Kier molecular flexibility index (Phi) is 9.98. The molecule has 3 N–H and O–H groups in total. The predicted molar refractivity (Wildman–Crippen MR) is 159 cm³/mol. The first-order valence-electron chi connectivity index (χ1n) is 13.7. The Morgan fingerprint density at radius 2 is 1.66 bits per heavy atom. The van der Waals surface area contributed by atoms with Gasteiger partial charge in [-0.1, -0.05) is 84.6 Å². The number of urea groups is 1. The number of hydrogen-bond donors (Lipinski definition) is 3. The van der Waals surface area contributed by atoms with E-state index in [1.807, 2.05) is 61.5 Å². The van der Waals surface area contributed by atoms with E-state index in [4.69, 9.17) is 9.47 Å². The number of aliphatic hydroxyl groups is 1. The van der Waals surface area contributed by atoms with Crippen molar-refractivity contribution < 1.29 is 19.4 Å². The van der Waals surface area contributed by atoms with Crippen LogP contribution >= 0.6 is 11.8 Å². The molecule has 2 heterocycles. The summed E-state index contributed by atoms with van der Waals surface area (Å²) in [5, 5.41) is 15.9. The molecule has 1 fully saturated rings. The topological polar surface area (TPSA) is 106 Å². The standard InChI is InChI=1S/C32H34N4O4S/c1-2-33-31(38)36-19-26-6-3-4-7-28(26)23-12-14-25(15-13-23)30-39-27(21-41-32-34-16-5-17-35-32)18-29(40-30)24-10-8-22(20-37)9-11-24/h3-17,27,29-30,37H,2,18-21H2,1H3,(H2,33,36,38)/t27-,29+,30+/m0/s1. The van der Waals surface area contributed by atoms with Gasteiger partial charge in [0, 0.05) is 43.2 Å². The van der Waals surface area contributed by atoms with Gasteiger partial charge < -0.3 is 25.2 Å². The number of nitrogens with zero attached hydrogens (tertiary/aromatic N) is 2. The van der Waals surface area contributed by atoms with E-state index in [0.717, 1.165) is 33.4 Å². The summed E-state index contributed by atoms with van der Waals surface area (Å²) in [6, 6.07) is 25.8. The van der Waals surface area contributed by atoms with Gasteiger partial charge in [-0.15, -0.1) is 0 Å². The lowest BCUT2D eigenvalue weighted by molar-refractivity contribution is -0.245. The lowest BCUT2D eigenvalue weighted by atomic mass is 9.98.